The van der Waals surface area contributed by atoms with Gasteiger partial charge in [0.2, 0.25) is 5.91 Å². The lowest BCUT2D eigenvalue weighted by Crippen LogP contribution is -2.52. The summed E-state index contributed by atoms with van der Waals surface area (Å²) in [5, 5.41) is 12.9. The van der Waals surface area contributed by atoms with Crippen molar-refractivity contribution in [3.8, 4) is 0 Å². The minimum atomic E-state index is -0.541. The molecule has 0 spiro atoms. The number of methoxy groups -OCH3 is 1. The van der Waals surface area contributed by atoms with Crippen LogP contribution in [0.4, 0.5) is 0 Å². The predicted octanol–water partition coefficient (Wildman–Crippen LogP) is 4.16. The Labute approximate surface area is 186 Å². The van der Waals surface area contributed by atoms with Gasteiger partial charge in [0, 0.05) is 11.5 Å². The van der Waals surface area contributed by atoms with Crippen LogP contribution < -0.4 is 5.32 Å². The minimum absolute atomic E-state index is 0.0348. The number of carbonyl (C=O) groups excluding carboxylic acids is 2. The monoisotopic (exact) mass is 429 g/mol. The van der Waals surface area contributed by atoms with Gasteiger partial charge in [0.05, 0.1) is 19.3 Å². The SMILES string of the molecule is COC(=O)C1=CC2=CC[C@H]3[C@@H]4CC[C@H](C(=O)NC(C)C(C)O)[C@@]4(C)CC[C@@H]3[C@@]2(C)CC1. The molecule has 2 fully saturated rings. The van der Waals surface area contributed by atoms with Crippen molar-refractivity contribution in [2.75, 3.05) is 7.11 Å². The molecule has 2 N–H and O–H groups in total. The van der Waals surface area contributed by atoms with E-state index in [2.05, 4.69) is 31.3 Å². The van der Waals surface area contributed by atoms with E-state index in [4.69, 9.17) is 4.74 Å². The van der Waals surface area contributed by atoms with Crippen LogP contribution in [-0.2, 0) is 14.3 Å². The van der Waals surface area contributed by atoms with Crippen LogP contribution in [0.5, 0.6) is 0 Å². The molecular weight excluding hydrogens is 390 g/mol. The molecule has 4 rings (SSSR count). The maximum atomic E-state index is 13.1. The van der Waals surface area contributed by atoms with E-state index in [0.717, 1.165) is 50.5 Å². The summed E-state index contributed by atoms with van der Waals surface area (Å²) < 4.78 is 4.97. The molecule has 1 amide bonds. The quantitative estimate of drug-likeness (QED) is 0.658. The third-order valence-corrected chi connectivity index (χ3v) is 9.63. The van der Waals surface area contributed by atoms with Gasteiger partial charge in [0.1, 0.15) is 0 Å². The van der Waals surface area contributed by atoms with Crippen LogP contribution >= 0.6 is 0 Å². The zero-order valence-corrected chi connectivity index (χ0v) is 19.7. The molecule has 0 saturated heterocycles. The first-order valence-electron chi connectivity index (χ1n) is 12.1. The van der Waals surface area contributed by atoms with Crippen LogP contribution in [0.1, 0.15) is 72.6 Å². The van der Waals surface area contributed by atoms with E-state index in [1.54, 1.807) is 6.92 Å². The lowest BCUT2D eigenvalue weighted by molar-refractivity contribution is -0.136. The fraction of sp³-hybridized carbons (Fsp3) is 0.769. The lowest BCUT2D eigenvalue weighted by atomic mass is 9.48. The molecule has 5 heteroatoms. The van der Waals surface area contributed by atoms with Crippen molar-refractivity contribution >= 4 is 11.9 Å². The number of hydrogen-bond acceptors (Lipinski definition) is 4. The fourth-order valence-corrected chi connectivity index (χ4v) is 7.49. The highest BCUT2D eigenvalue weighted by atomic mass is 16.5. The van der Waals surface area contributed by atoms with Crippen molar-refractivity contribution in [1.82, 2.24) is 5.32 Å². The normalized spacial score (nSPS) is 41.0. The Bertz CT molecular complexity index is 814. The van der Waals surface area contributed by atoms with Crippen molar-refractivity contribution in [1.29, 1.82) is 0 Å². The maximum Gasteiger partial charge on any atom is 0.333 e. The molecule has 0 heterocycles. The molecular formula is C26H39NO4. The summed E-state index contributed by atoms with van der Waals surface area (Å²) >= 11 is 0. The summed E-state index contributed by atoms with van der Waals surface area (Å²) in [6, 6.07) is -0.219. The van der Waals surface area contributed by atoms with Crippen LogP contribution in [0.2, 0.25) is 0 Å². The zero-order valence-electron chi connectivity index (χ0n) is 19.7. The third kappa shape index (κ3) is 3.57. The van der Waals surface area contributed by atoms with Gasteiger partial charge < -0.3 is 15.2 Å². The molecule has 5 nitrogen and oxygen atoms in total. The van der Waals surface area contributed by atoms with Crippen LogP contribution in [-0.4, -0.2) is 36.2 Å². The fourth-order valence-electron chi connectivity index (χ4n) is 7.49. The van der Waals surface area contributed by atoms with Crippen molar-refractivity contribution in [3.05, 3.63) is 23.3 Å². The average Bonchev–Trinajstić information content (AvgIpc) is 3.09. The lowest BCUT2D eigenvalue weighted by Gasteiger charge is -2.57. The molecule has 4 aliphatic rings. The molecule has 0 aromatic carbocycles. The third-order valence-electron chi connectivity index (χ3n) is 9.63. The Kier molecular flexibility index (Phi) is 5.87. The Morgan fingerprint density at radius 1 is 1.16 bits per heavy atom. The first-order chi connectivity index (χ1) is 14.6. The first kappa shape index (κ1) is 22.6. The molecule has 2 saturated carbocycles. The zero-order chi connectivity index (χ0) is 22.6. The van der Waals surface area contributed by atoms with Crippen LogP contribution in [0, 0.1) is 34.5 Å². The number of amides is 1. The number of carbonyl (C=O) groups is 2. The van der Waals surface area contributed by atoms with E-state index in [9.17, 15) is 14.7 Å². The number of allylic oxidation sites excluding steroid dienone is 3. The number of aliphatic hydroxyl groups is 1. The van der Waals surface area contributed by atoms with Gasteiger partial charge in [-0.1, -0.05) is 19.9 Å². The highest BCUT2D eigenvalue weighted by Crippen LogP contribution is 2.66. The van der Waals surface area contributed by atoms with Crippen molar-refractivity contribution in [3.63, 3.8) is 0 Å². The average molecular weight is 430 g/mol. The Morgan fingerprint density at radius 2 is 1.90 bits per heavy atom. The van der Waals surface area contributed by atoms with E-state index in [1.165, 1.54) is 12.7 Å². The molecule has 2 unspecified atom stereocenters. The van der Waals surface area contributed by atoms with Gasteiger partial charge in [-0.2, -0.15) is 0 Å². The highest BCUT2D eigenvalue weighted by molar-refractivity contribution is 5.89. The molecule has 4 aliphatic carbocycles. The molecule has 0 radical (unpaired) electrons. The van der Waals surface area contributed by atoms with Gasteiger partial charge in [-0.05, 0) is 99.0 Å². The largest absolute Gasteiger partial charge is 0.466 e. The number of esters is 1. The van der Waals surface area contributed by atoms with Crippen LogP contribution in [0.3, 0.4) is 0 Å². The van der Waals surface area contributed by atoms with E-state index in [-0.39, 0.29) is 34.7 Å². The maximum absolute atomic E-state index is 13.1. The Hall–Kier alpha value is -1.62. The first-order valence-corrected chi connectivity index (χ1v) is 12.1. The summed E-state index contributed by atoms with van der Waals surface area (Å²) in [6.45, 7) is 8.34. The van der Waals surface area contributed by atoms with Gasteiger partial charge in [-0.3, -0.25) is 4.79 Å². The molecule has 8 atom stereocenters. The van der Waals surface area contributed by atoms with E-state index < -0.39 is 6.10 Å². The van der Waals surface area contributed by atoms with E-state index >= 15 is 0 Å². The number of rotatable bonds is 4. The second-order valence-corrected chi connectivity index (χ2v) is 11.1. The molecule has 172 valence electrons. The van der Waals surface area contributed by atoms with Gasteiger partial charge in [-0.25, -0.2) is 4.79 Å². The summed E-state index contributed by atoms with van der Waals surface area (Å²) in [7, 11) is 1.46. The summed E-state index contributed by atoms with van der Waals surface area (Å²) in [5.74, 6) is 1.74. The molecule has 0 aliphatic heterocycles. The molecule has 0 bridgehead atoms. The standard InChI is InChI=1S/C26H39NO4/c1-15(16(2)28)27-23(29)22-9-8-20-19-7-6-18-14-17(24(30)31-5)10-12-25(18,3)21(19)11-13-26(20,22)4/h6,14-16,19-22,28H,7-13H2,1-5H3,(H,27,29)/t15?,16?,19-,20-,21-,22+,25-,26-/m0/s1. The van der Waals surface area contributed by atoms with Gasteiger partial charge in [0.15, 0.2) is 0 Å². The number of hydrogen-bond donors (Lipinski definition) is 2. The smallest absolute Gasteiger partial charge is 0.333 e. The van der Waals surface area contributed by atoms with E-state index in [1.807, 2.05) is 6.92 Å². The topological polar surface area (TPSA) is 75.6 Å². The Balaban J connectivity index is 1.56. The second-order valence-electron chi connectivity index (χ2n) is 11.1. The number of nitrogens with one attached hydrogen (secondary N) is 1. The van der Waals surface area contributed by atoms with Gasteiger partial charge >= 0.3 is 5.97 Å². The number of fused-ring (bicyclic) bond motifs is 5. The van der Waals surface area contributed by atoms with Crippen LogP contribution in [0.25, 0.3) is 0 Å². The Morgan fingerprint density at radius 3 is 2.58 bits per heavy atom. The van der Waals surface area contributed by atoms with Crippen LogP contribution in [0.15, 0.2) is 23.3 Å². The number of aliphatic hydroxyl groups excluding tert-OH is 1. The molecule has 0 aromatic rings. The van der Waals surface area contributed by atoms with Crippen molar-refractivity contribution in [2.24, 2.45) is 34.5 Å². The van der Waals surface area contributed by atoms with Gasteiger partial charge in [-0.15, -0.1) is 0 Å². The van der Waals surface area contributed by atoms with Gasteiger partial charge in [0.25, 0.3) is 0 Å². The van der Waals surface area contributed by atoms with Crippen molar-refractivity contribution < 1.29 is 19.4 Å². The van der Waals surface area contributed by atoms with E-state index in [0.29, 0.717) is 17.8 Å². The summed E-state index contributed by atoms with van der Waals surface area (Å²) in [4.78, 5) is 25.2. The van der Waals surface area contributed by atoms with Crippen molar-refractivity contribution in [2.45, 2.75) is 84.8 Å². The summed E-state index contributed by atoms with van der Waals surface area (Å²) in [6.07, 6.45) is 11.0. The minimum Gasteiger partial charge on any atom is -0.466 e. The number of ether oxygens (including phenoxy) is 1. The molecule has 31 heavy (non-hydrogen) atoms. The predicted molar refractivity (Wildman–Crippen MR) is 120 cm³/mol. The second kappa shape index (κ2) is 8.06. The summed E-state index contributed by atoms with van der Waals surface area (Å²) in [5.41, 5.74) is 2.27. The highest BCUT2D eigenvalue weighted by Gasteiger charge is 2.59. The molecule has 0 aromatic heterocycles.